The number of nitrogens with one attached hydrogen (secondary N) is 2. The van der Waals surface area contributed by atoms with Crippen LogP contribution in [-0.2, 0) is 11.3 Å². The Balaban J connectivity index is 1.37. The van der Waals surface area contributed by atoms with Gasteiger partial charge in [-0.1, -0.05) is 48.5 Å². The van der Waals surface area contributed by atoms with E-state index in [1.54, 1.807) is 12.1 Å². The lowest BCUT2D eigenvalue weighted by Gasteiger charge is -2.09. The molecule has 0 bridgehead atoms. The fourth-order valence-electron chi connectivity index (χ4n) is 2.78. The Bertz CT molecular complexity index is 927. The van der Waals surface area contributed by atoms with Crippen molar-refractivity contribution in [1.82, 2.24) is 10.6 Å². The van der Waals surface area contributed by atoms with E-state index in [0.717, 1.165) is 17.1 Å². The monoisotopic (exact) mass is 388 g/mol. The highest BCUT2D eigenvalue weighted by molar-refractivity contribution is 5.94. The van der Waals surface area contributed by atoms with Gasteiger partial charge in [0, 0.05) is 25.1 Å². The Hall–Kier alpha value is -3.60. The van der Waals surface area contributed by atoms with Gasteiger partial charge in [-0.25, -0.2) is 0 Å². The van der Waals surface area contributed by atoms with Gasteiger partial charge in [0.15, 0.2) is 0 Å². The van der Waals surface area contributed by atoms with Crippen molar-refractivity contribution in [3.05, 3.63) is 96.1 Å². The third-order valence-electron chi connectivity index (χ3n) is 4.27. The molecule has 2 N–H and O–H groups in total. The highest BCUT2D eigenvalue weighted by atomic mass is 16.5. The summed E-state index contributed by atoms with van der Waals surface area (Å²) >= 11 is 0. The molecule has 0 unspecified atom stereocenters. The second kappa shape index (κ2) is 10.7. The van der Waals surface area contributed by atoms with Crippen LogP contribution in [0.1, 0.15) is 28.8 Å². The van der Waals surface area contributed by atoms with Crippen LogP contribution in [0.5, 0.6) is 11.5 Å². The summed E-state index contributed by atoms with van der Waals surface area (Å²) < 4.78 is 5.81. The minimum absolute atomic E-state index is 0.0478. The van der Waals surface area contributed by atoms with Gasteiger partial charge >= 0.3 is 0 Å². The standard InChI is InChI=1S/C24H24N2O3/c27-23(15-8-16-25-24(28)20-10-3-1-4-11-20)26-18-19-9-7-14-22(17-19)29-21-12-5-2-6-13-21/h1-7,9-14,17H,8,15-16,18H2,(H,25,28)(H,26,27). The van der Waals surface area contributed by atoms with E-state index in [1.807, 2.05) is 72.8 Å². The van der Waals surface area contributed by atoms with Gasteiger partial charge in [0.05, 0.1) is 0 Å². The topological polar surface area (TPSA) is 67.4 Å². The second-order valence-electron chi connectivity index (χ2n) is 6.56. The predicted octanol–water partition coefficient (Wildman–Crippen LogP) is 4.31. The number of para-hydroxylation sites is 1. The van der Waals surface area contributed by atoms with Crippen molar-refractivity contribution in [1.29, 1.82) is 0 Å². The summed E-state index contributed by atoms with van der Waals surface area (Å²) in [6.45, 7) is 0.892. The van der Waals surface area contributed by atoms with Gasteiger partial charge < -0.3 is 15.4 Å². The van der Waals surface area contributed by atoms with E-state index in [-0.39, 0.29) is 11.8 Å². The maximum absolute atomic E-state index is 12.1. The molecule has 0 radical (unpaired) electrons. The van der Waals surface area contributed by atoms with Crippen molar-refractivity contribution in [2.45, 2.75) is 19.4 Å². The molecule has 0 aliphatic heterocycles. The molecule has 0 aromatic heterocycles. The van der Waals surface area contributed by atoms with Gasteiger partial charge in [0.25, 0.3) is 5.91 Å². The Morgan fingerprint density at radius 2 is 1.45 bits per heavy atom. The molecule has 148 valence electrons. The minimum atomic E-state index is -0.124. The molecule has 3 aromatic carbocycles. The Morgan fingerprint density at radius 3 is 2.21 bits per heavy atom. The van der Waals surface area contributed by atoms with E-state index in [0.29, 0.717) is 31.5 Å². The Morgan fingerprint density at radius 1 is 0.759 bits per heavy atom. The molecular weight excluding hydrogens is 364 g/mol. The highest BCUT2D eigenvalue weighted by Crippen LogP contribution is 2.21. The summed E-state index contributed by atoms with van der Waals surface area (Å²) in [6, 6.07) is 26.2. The average molecular weight is 388 g/mol. The van der Waals surface area contributed by atoms with E-state index in [4.69, 9.17) is 4.74 Å². The molecule has 0 saturated carbocycles. The van der Waals surface area contributed by atoms with E-state index >= 15 is 0 Å². The first kappa shape index (κ1) is 20.1. The fourth-order valence-corrected chi connectivity index (χ4v) is 2.78. The smallest absolute Gasteiger partial charge is 0.251 e. The quantitative estimate of drug-likeness (QED) is 0.537. The molecule has 5 heteroatoms. The maximum atomic E-state index is 12.1. The lowest BCUT2D eigenvalue weighted by atomic mass is 10.2. The molecule has 0 spiro atoms. The van der Waals surface area contributed by atoms with Crippen molar-refractivity contribution in [2.75, 3.05) is 6.54 Å². The zero-order valence-corrected chi connectivity index (χ0v) is 16.1. The van der Waals surface area contributed by atoms with Crippen LogP contribution in [0.3, 0.4) is 0 Å². The number of hydrogen-bond acceptors (Lipinski definition) is 3. The van der Waals surface area contributed by atoms with Gasteiger partial charge in [0.2, 0.25) is 5.91 Å². The Kier molecular flexibility index (Phi) is 7.41. The largest absolute Gasteiger partial charge is 0.457 e. The van der Waals surface area contributed by atoms with E-state index in [2.05, 4.69) is 10.6 Å². The van der Waals surface area contributed by atoms with Gasteiger partial charge in [-0.3, -0.25) is 9.59 Å². The number of amides is 2. The molecule has 0 aliphatic carbocycles. The molecule has 5 nitrogen and oxygen atoms in total. The third kappa shape index (κ3) is 6.81. The van der Waals surface area contributed by atoms with E-state index < -0.39 is 0 Å². The normalized spacial score (nSPS) is 10.2. The van der Waals surface area contributed by atoms with Crippen LogP contribution < -0.4 is 15.4 Å². The van der Waals surface area contributed by atoms with Crippen molar-refractivity contribution in [3.63, 3.8) is 0 Å². The summed E-state index contributed by atoms with van der Waals surface area (Å²) in [7, 11) is 0. The molecule has 0 saturated heterocycles. The number of ether oxygens (including phenoxy) is 1. The molecule has 0 fully saturated rings. The average Bonchev–Trinajstić information content (AvgIpc) is 2.77. The van der Waals surface area contributed by atoms with Crippen LogP contribution in [-0.4, -0.2) is 18.4 Å². The lowest BCUT2D eigenvalue weighted by molar-refractivity contribution is -0.121. The number of rotatable bonds is 9. The van der Waals surface area contributed by atoms with Gasteiger partial charge in [-0.2, -0.15) is 0 Å². The summed E-state index contributed by atoms with van der Waals surface area (Å²) in [5.74, 6) is 1.33. The number of benzene rings is 3. The lowest BCUT2D eigenvalue weighted by Crippen LogP contribution is -2.27. The van der Waals surface area contributed by atoms with Crippen LogP contribution in [0, 0.1) is 0 Å². The SMILES string of the molecule is O=C(CCCNC(=O)c1ccccc1)NCc1cccc(Oc2ccccc2)c1. The molecule has 3 aromatic rings. The van der Waals surface area contributed by atoms with E-state index in [1.165, 1.54) is 0 Å². The number of carbonyl (C=O) groups is 2. The molecule has 0 atom stereocenters. The molecular formula is C24H24N2O3. The number of carbonyl (C=O) groups excluding carboxylic acids is 2. The first-order valence-corrected chi connectivity index (χ1v) is 9.62. The summed E-state index contributed by atoms with van der Waals surface area (Å²) in [5.41, 5.74) is 1.58. The van der Waals surface area contributed by atoms with Crippen LogP contribution in [0.4, 0.5) is 0 Å². The van der Waals surface area contributed by atoms with Crippen molar-refractivity contribution in [2.24, 2.45) is 0 Å². The van der Waals surface area contributed by atoms with Crippen molar-refractivity contribution in [3.8, 4) is 11.5 Å². The first-order valence-electron chi connectivity index (χ1n) is 9.62. The molecule has 29 heavy (non-hydrogen) atoms. The minimum Gasteiger partial charge on any atom is -0.457 e. The summed E-state index contributed by atoms with van der Waals surface area (Å²) in [5, 5.41) is 5.73. The first-order chi connectivity index (χ1) is 14.2. The highest BCUT2D eigenvalue weighted by Gasteiger charge is 2.06. The fraction of sp³-hybridized carbons (Fsp3) is 0.167. The van der Waals surface area contributed by atoms with Gasteiger partial charge in [-0.15, -0.1) is 0 Å². The zero-order chi connectivity index (χ0) is 20.3. The zero-order valence-electron chi connectivity index (χ0n) is 16.1. The summed E-state index contributed by atoms with van der Waals surface area (Å²) in [6.07, 6.45) is 0.941. The predicted molar refractivity (Wildman–Crippen MR) is 113 cm³/mol. The maximum Gasteiger partial charge on any atom is 0.251 e. The Labute approximate surface area is 170 Å². The third-order valence-corrected chi connectivity index (χ3v) is 4.27. The second-order valence-corrected chi connectivity index (χ2v) is 6.56. The van der Waals surface area contributed by atoms with Crippen LogP contribution in [0.25, 0.3) is 0 Å². The number of hydrogen-bond donors (Lipinski definition) is 2. The van der Waals surface area contributed by atoms with Crippen molar-refractivity contribution < 1.29 is 14.3 Å². The van der Waals surface area contributed by atoms with Gasteiger partial charge in [0.1, 0.15) is 11.5 Å². The molecule has 0 heterocycles. The molecule has 0 aliphatic rings. The van der Waals surface area contributed by atoms with Crippen LogP contribution in [0.15, 0.2) is 84.9 Å². The molecule has 2 amide bonds. The van der Waals surface area contributed by atoms with Crippen LogP contribution in [0.2, 0.25) is 0 Å². The van der Waals surface area contributed by atoms with Crippen LogP contribution >= 0.6 is 0 Å². The van der Waals surface area contributed by atoms with Gasteiger partial charge in [-0.05, 0) is 48.4 Å². The van der Waals surface area contributed by atoms with E-state index in [9.17, 15) is 9.59 Å². The summed E-state index contributed by atoms with van der Waals surface area (Å²) in [4.78, 5) is 24.0. The van der Waals surface area contributed by atoms with Crippen molar-refractivity contribution >= 4 is 11.8 Å². The molecule has 3 rings (SSSR count).